The van der Waals surface area contributed by atoms with Crippen LogP contribution >= 0.6 is 15.9 Å². The molecule has 17 heavy (non-hydrogen) atoms. The summed E-state index contributed by atoms with van der Waals surface area (Å²) in [5.41, 5.74) is 3.06. The maximum atomic E-state index is 8.75. The lowest BCUT2D eigenvalue weighted by atomic mass is 10.1. The largest absolute Gasteiger partial charge is 0.322 e. The van der Waals surface area contributed by atoms with E-state index in [2.05, 4.69) is 40.0 Å². The minimum absolute atomic E-state index is 0.320. The Balaban J connectivity index is 2.58. The number of benzene rings is 1. The van der Waals surface area contributed by atoms with Crippen LogP contribution in [0.4, 0.5) is 0 Å². The highest BCUT2D eigenvalue weighted by Crippen LogP contribution is 2.27. The normalized spacial score (nSPS) is 10.2. The van der Waals surface area contributed by atoms with Gasteiger partial charge in [0.05, 0.1) is 18.2 Å². The highest BCUT2D eigenvalue weighted by Gasteiger charge is 2.14. The highest BCUT2D eigenvalue weighted by molar-refractivity contribution is 9.10. The fourth-order valence-corrected chi connectivity index (χ4v) is 2.18. The van der Waals surface area contributed by atoms with Gasteiger partial charge in [0.1, 0.15) is 10.4 Å². The maximum absolute atomic E-state index is 8.75. The maximum Gasteiger partial charge on any atom is 0.141 e. The summed E-state index contributed by atoms with van der Waals surface area (Å²) in [5.74, 6) is 0.889. The Kier molecular flexibility index (Phi) is 3.30. The molecule has 0 saturated heterocycles. The van der Waals surface area contributed by atoms with Gasteiger partial charge in [0.2, 0.25) is 0 Å². The van der Waals surface area contributed by atoms with Crippen molar-refractivity contribution in [1.29, 1.82) is 5.26 Å². The molecule has 1 heterocycles. The molecule has 0 radical (unpaired) electrons. The molecule has 0 saturated carbocycles. The fraction of sp³-hybridized carbons (Fsp3) is 0.231. The van der Waals surface area contributed by atoms with Crippen LogP contribution in [-0.4, -0.2) is 9.55 Å². The summed E-state index contributed by atoms with van der Waals surface area (Å²) in [5, 5.41) is 8.75. The molecule has 0 unspecified atom stereocenters. The van der Waals surface area contributed by atoms with Crippen molar-refractivity contribution in [3.63, 3.8) is 0 Å². The molecule has 0 atom stereocenters. The van der Waals surface area contributed by atoms with Gasteiger partial charge in [-0.15, -0.1) is 0 Å². The highest BCUT2D eigenvalue weighted by atomic mass is 79.9. The number of aryl methyl sites for hydroxylation is 1. The number of aromatic nitrogens is 2. The Labute approximate surface area is 109 Å². The summed E-state index contributed by atoms with van der Waals surface area (Å²) in [4.78, 5) is 4.52. The van der Waals surface area contributed by atoms with Crippen molar-refractivity contribution in [1.82, 2.24) is 9.55 Å². The Morgan fingerprint density at radius 1 is 1.41 bits per heavy atom. The molecule has 0 bridgehead atoms. The summed E-state index contributed by atoms with van der Waals surface area (Å²) < 4.78 is 2.84. The molecule has 0 aliphatic rings. The molecule has 1 aromatic carbocycles. The average Bonchev–Trinajstić information content (AvgIpc) is 2.59. The number of nitrogens with zero attached hydrogens (tertiary/aromatic N) is 3. The van der Waals surface area contributed by atoms with Gasteiger partial charge in [-0.1, -0.05) is 24.3 Å². The molecule has 0 N–H and O–H groups in total. The number of rotatable bonds is 2. The van der Waals surface area contributed by atoms with E-state index in [1.165, 1.54) is 5.56 Å². The standard InChI is InChI=1S/C13H12BrN3/c1-9-5-3-4-6-10(9)13-16-11(7-8-15)12(14)17(13)2/h3-6H,7H2,1-2H3. The summed E-state index contributed by atoms with van der Waals surface area (Å²) in [6, 6.07) is 10.2. The molecule has 2 aromatic rings. The van der Waals surface area contributed by atoms with Crippen molar-refractivity contribution in [2.75, 3.05) is 0 Å². The van der Waals surface area contributed by atoms with Crippen LogP contribution in [0.15, 0.2) is 28.9 Å². The van der Waals surface area contributed by atoms with Gasteiger partial charge in [-0.25, -0.2) is 4.98 Å². The van der Waals surface area contributed by atoms with Gasteiger partial charge in [-0.3, -0.25) is 0 Å². The van der Waals surface area contributed by atoms with Crippen LogP contribution in [0.25, 0.3) is 11.4 Å². The Hall–Kier alpha value is -1.60. The second-order valence-electron chi connectivity index (χ2n) is 3.88. The second-order valence-corrected chi connectivity index (χ2v) is 4.63. The van der Waals surface area contributed by atoms with E-state index in [4.69, 9.17) is 5.26 Å². The second kappa shape index (κ2) is 4.72. The van der Waals surface area contributed by atoms with Crippen LogP contribution in [0.5, 0.6) is 0 Å². The van der Waals surface area contributed by atoms with Gasteiger partial charge >= 0.3 is 0 Å². The minimum Gasteiger partial charge on any atom is -0.322 e. The smallest absolute Gasteiger partial charge is 0.141 e. The number of imidazole rings is 1. The van der Waals surface area contributed by atoms with Crippen LogP contribution in [-0.2, 0) is 13.5 Å². The monoisotopic (exact) mass is 289 g/mol. The third kappa shape index (κ3) is 2.11. The van der Waals surface area contributed by atoms with Gasteiger partial charge in [-0.2, -0.15) is 5.26 Å². The first kappa shape index (κ1) is 11.9. The number of hydrogen-bond acceptors (Lipinski definition) is 2. The summed E-state index contributed by atoms with van der Waals surface area (Å²) in [6.07, 6.45) is 0.320. The molecular weight excluding hydrogens is 278 g/mol. The van der Waals surface area contributed by atoms with Crippen LogP contribution in [0.2, 0.25) is 0 Å². The summed E-state index contributed by atoms with van der Waals surface area (Å²) >= 11 is 3.47. The molecule has 4 heteroatoms. The van der Waals surface area contributed by atoms with Crippen molar-refractivity contribution in [3.05, 3.63) is 40.1 Å². The molecule has 0 aliphatic carbocycles. The summed E-state index contributed by atoms with van der Waals surface area (Å²) in [6.45, 7) is 2.06. The van der Waals surface area contributed by atoms with E-state index in [-0.39, 0.29) is 0 Å². The molecule has 0 spiro atoms. The van der Waals surface area contributed by atoms with Crippen molar-refractivity contribution < 1.29 is 0 Å². The molecule has 0 fully saturated rings. The Morgan fingerprint density at radius 3 is 2.76 bits per heavy atom. The fourth-order valence-electron chi connectivity index (χ4n) is 1.79. The third-order valence-electron chi connectivity index (χ3n) is 2.72. The molecular formula is C13H12BrN3. The Bertz CT molecular complexity index is 593. The van der Waals surface area contributed by atoms with Crippen molar-refractivity contribution >= 4 is 15.9 Å². The molecule has 86 valence electrons. The van der Waals surface area contributed by atoms with E-state index < -0.39 is 0 Å². The lowest BCUT2D eigenvalue weighted by Gasteiger charge is -2.05. The summed E-state index contributed by atoms with van der Waals surface area (Å²) in [7, 11) is 1.94. The molecule has 0 amide bonds. The zero-order chi connectivity index (χ0) is 12.4. The van der Waals surface area contributed by atoms with Crippen molar-refractivity contribution in [2.45, 2.75) is 13.3 Å². The van der Waals surface area contributed by atoms with Gasteiger partial charge in [0.25, 0.3) is 0 Å². The topological polar surface area (TPSA) is 41.6 Å². The average molecular weight is 290 g/mol. The lowest BCUT2D eigenvalue weighted by Crippen LogP contribution is -1.94. The quantitative estimate of drug-likeness (QED) is 0.852. The van der Waals surface area contributed by atoms with Gasteiger partial charge in [-0.05, 0) is 28.4 Å². The molecule has 1 aromatic heterocycles. The van der Waals surface area contributed by atoms with Crippen LogP contribution in [0.3, 0.4) is 0 Å². The van der Waals surface area contributed by atoms with E-state index in [0.29, 0.717) is 6.42 Å². The first-order chi connectivity index (χ1) is 8.15. The molecule has 0 aliphatic heterocycles. The third-order valence-corrected chi connectivity index (χ3v) is 3.71. The first-order valence-corrected chi connectivity index (χ1v) is 6.08. The minimum atomic E-state index is 0.320. The predicted octanol–water partition coefficient (Wildman–Crippen LogP) is 3.22. The molecule has 3 nitrogen and oxygen atoms in total. The van der Waals surface area contributed by atoms with E-state index >= 15 is 0 Å². The first-order valence-electron chi connectivity index (χ1n) is 5.29. The zero-order valence-electron chi connectivity index (χ0n) is 9.74. The lowest BCUT2D eigenvalue weighted by molar-refractivity contribution is 0.897. The van der Waals surface area contributed by atoms with Crippen LogP contribution in [0.1, 0.15) is 11.3 Å². The van der Waals surface area contributed by atoms with Gasteiger partial charge < -0.3 is 4.57 Å². The van der Waals surface area contributed by atoms with Gasteiger partial charge in [0, 0.05) is 12.6 Å². The van der Waals surface area contributed by atoms with Gasteiger partial charge in [0.15, 0.2) is 0 Å². The van der Waals surface area contributed by atoms with E-state index in [0.717, 1.165) is 21.7 Å². The number of nitriles is 1. The number of hydrogen-bond donors (Lipinski definition) is 0. The Morgan fingerprint density at radius 2 is 2.12 bits per heavy atom. The van der Waals surface area contributed by atoms with E-state index in [9.17, 15) is 0 Å². The molecule has 2 rings (SSSR count). The van der Waals surface area contributed by atoms with Crippen LogP contribution in [0, 0.1) is 18.3 Å². The number of halogens is 1. The van der Waals surface area contributed by atoms with E-state index in [1.807, 2.05) is 29.8 Å². The van der Waals surface area contributed by atoms with Crippen molar-refractivity contribution in [3.8, 4) is 17.5 Å². The SMILES string of the molecule is Cc1ccccc1-c1nc(CC#N)c(Br)n1C. The zero-order valence-corrected chi connectivity index (χ0v) is 11.3. The van der Waals surface area contributed by atoms with Crippen molar-refractivity contribution in [2.24, 2.45) is 7.05 Å². The predicted molar refractivity (Wildman–Crippen MR) is 70.4 cm³/mol. The van der Waals surface area contributed by atoms with E-state index in [1.54, 1.807) is 0 Å². The van der Waals surface area contributed by atoms with Crippen LogP contribution < -0.4 is 0 Å².